The van der Waals surface area contributed by atoms with Gasteiger partial charge in [0.25, 0.3) is 0 Å². The van der Waals surface area contributed by atoms with Gasteiger partial charge in [-0.3, -0.25) is 9.69 Å². The van der Waals surface area contributed by atoms with E-state index >= 15 is 0 Å². The van der Waals surface area contributed by atoms with Gasteiger partial charge in [0.05, 0.1) is 30.9 Å². The third-order valence-corrected chi connectivity index (χ3v) is 8.81. The van der Waals surface area contributed by atoms with Gasteiger partial charge < -0.3 is 9.15 Å². The number of benzene rings is 1. The maximum atomic E-state index is 13.2. The molecular formula is C20H25N3O7S2. The fourth-order valence-electron chi connectivity index (χ4n) is 4.08. The molecule has 12 heteroatoms. The molecule has 4 rings (SSSR count). The van der Waals surface area contributed by atoms with Crippen LogP contribution in [0.5, 0.6) is 5.75 Å². The summed E-state index contributed by atoms with van der Waals surface area (Å²) in [5.74, 6) is -0.206. The molecule has 2 aliphatic rings. The van der Waals surface area contributed by atoms with E-state index in [4.69, 9.17) is 9.15 Å². The standard InChI is InChI=1S/C20H25N3O7S2/c1-29-18-7-6-15(23-20(24)8-12-31(23,25)26)13-19(18)32(27,28)21-14-16(17-5-4-11-30-17)22-9-2-3-10-22/h4-7,11,13,16,21H,2-3,8-10,12,14H2,1H3/t16-/m0/s1. The van der Waals surface area contributed by atoms with Crippen molar-refractivity contribution in [3.05, 3.63) is 42.4 Å². The largest absolute Gasteiger partial charge is 0.495 e. The van der Waals surface area contributed by atoms with Crippen LogP contribution in [0.15, 0.2) is 45.9 Å². The lowest BCUT2D eigenvalue weighted by molar-refractivity contribution is -0.116. The Morgan fingerprint density at radius 2 is 1.97 bits per heavy atom. The quantitative estimate of drug-likeness (QED) is 0.598. The lowest BCUT2D eigenvalue weighted by atomic mass is 10.2. The molecule has 1 aromatic carbocycles. The van der Waals surface area contributed by atoms with Crippen LogP contribution in [0.4, 0.5) is 5.69 Å². The number of carbonyl (C=O) groups is 1. The fourth-order valence-corrected chi connectivity index (χ4v) is 6.76. The van der Waals surface area contributed by atoms with Gasteiger partial charge in [0.15, 0.2) is 0 Å². The van der Waals surface area contributed by atoms with Gasteiger partial charge in [-0.25, -0.2) is 25.9 Å². The first kappa shape index (κ1) is 22.8. The number of furan rings is 1. The lowest BCUT2D eigenvalue weighted by Crippen LogP contribution is -2.37. The molecule has 2 aromatic rings. The smallest absolute Gasteiger partial charge is 0.244 e. The van der Waals surface area contributed by atoms with E-state index in [1.54, 1.807) is 12.3 Å². The van der Waals surface area contributed by atoms with Gasteiger partial charge in [-0.15, -0.1) is 0 Å². The normalized spacial score (nSPS) is 20.0. The van der Waals surface area contributed by atoms with Crippen molar-refractivity contribution in [3.8, 4) is 5.75 Å². The van der Waals surface area contributed by atoms with Gasteiger partial charge >= 0.3 is 0 Å². The predicted octanol–water partition coefficient (Wildman–Crippen LogP) is 1.47. The maximum absolute atomic E-state index is 13.2. The van der Waals surface area contributed by atoms with Crippen molar-refractivity contribution in [2.24, 2.45) is 0 Å². The number of nitrogens with zero attached hydrogens (tertiary/aromatic N) is 2. The van der Waals surface area contributed by atoms with Crippen molar-refractivity contribution in [2.75, 3.05) is 36.8 Å². The minimum absolute atomic E-state index is 0.0317. The number of amides is 1. The number of hydrogen-bond acceptors (Lipinski definition) is 8. The molecule has 32 heavy (non-hydrogen) atoms. The Labute approximate surface area is 187 Å². The molecule has 0 unspecified atom stereocenters. The van der Waals surface area contributed by atoms with Gasteiger partial charge in [-0.05, 0) is 56.3 Å². The SMILES string of the molecule is COc1ccc(N2C(=O)CCS2(=O)=O)cc1S(=O)(=O)NC[C@@H](c1ccco1)N1CCCC1. The van der Waals surface area contributed by atoms with Gasteiger partial charge in [-0.2, -0.15) is 0 Å². The first-order valence-corrected chi connectivity index (χ1v) is 13.3. The van der Waals surface area contributed by atoms with E-state index in [2.05, 4.69) is 9.62 Å². The van der Waals surface area contributed by atoms with E-state index in [-0.39, 0.29) is 41.1 Å². The number of hydrogen-bond donors (Lipinski definition) is 1. The van der Waals surface area contributed by atoms with Crippen molar-refractivity contribution in [1.82, 2.24) is 9.62 Å². The summed E-state index contributed by atoms with van der Waals surface area (Å²) in [6.07, 6.45) is 3.46. The molecule has 1 atom stereocenters. The monoisotopic (exact) mass is 483 g/mol. The highest BCUT2D eigenvalue weighted by atomic mass is 32.2. The van der Waals surface area contributed by atoms with E-state index in [1.165, 1.54) is 19.2 Å². The molecular weight excluding hydrogens is 458 g/mol. The minimum atomic E-state index is -4.10. The van der Waals surface area contributed by atoms with Crippen LogP contribution in [-0.4, -0.2) is 60.1 Å². The van der Waals surface area contributed by atoms with E-state index in [0.29, 0.717) is 10.1 Å². The van der Waals surface area contributed by atoms with Gasteiger partial charge in [0.1, 0.15) is 16.4 Å². The summed E-state index contributed by atoms with van der Waals surface area (Å²) in [6.45, 7) is 1.73. The van der Waals surface area contributed by atoms with Crippen molar-refractivity contribution in [1.29, 1.82) is 0 Å². The molecule has 174 valence electrons. The average molecular weight is 484 g/mol. The number of likely N-dealkylation sites (tertiary alicyclic amines) is 1. The van der Waals surface area contributed by atoms with E-state index in [1.807, 2.05) is 6.07 Å². The maximum Gasteiger partial charge on any atom is 0.244 e. The summed E-state index contributed by atoms with van der Waals surface area (Å²) in [7, 11) is -6.61. The van der Waals surface area contributed by atoms with Crippen LogP contribution >= 0.6 is 0 Å². The number of carbonyl (C=O) groups excluding carboxylic acids is 1. The first-order valence-electron chi connectivity index (χ1n) is 10.2. The van der Waals surface area contributed by atoms with Gasteiger partial charge in [-0.1, -0.05) is 0 Å². The van der Waals surface area contributed by atoms with Crippen LogP contribution in [0.1, 0.15) is 31.1 Å². The zero-order chi connectivity index (χ0) is 22.9. The molecule has 10 nitrogen and oxygen atoms in total. The molecule has 0 spiro atoms. The zero-order valence-electron chi connectivity index (χ0n) is 17.6. The molecule has 0 radical (unpaired) electrons. The number of methoxy groups -OCH3 is 1. The molecule has 0 aliphatic carbocycles. The summed E-state index contributed by atoms with van der Waals surface area (Å²) >= 11 is 0. The molecule has 3 heterocycles. The highest BCUT2D eigenvalue weighted by molar-refractivity contribution is 7.94. The number of nitrogens with one attached hydrogen (secondary N) is 1. The predicted molar refractivity (Wildman–Crippen MR) is 116 cm³/mol. The van der Waals surface area contributed by atoms with Gasteiger partial charge in [0.2, 0.25) is 26.0 Å². The molecule has 1 amide bonds. The Morgan fingerprint density at radius 1 is 1.22 bits per heavy atom. The summed E-state index contributed by atoms with van der Waals surface area (Å²) < 4.78 is 65.0. The highest BCUT2D eigenvalue weighted by Crippen LogP contribution is 2.33. The van der Waals surface area contributed by atoms with Crippen LogP contribution in [0.2, 0.25) is 0 Å². The summed E-state index contributed by atoms with van der Waals surface area (Å²) in [4.78, 5) is 14.0. The lowest BCUT2D eigenvalue weighted by Gasteiger charge is -2.26. The van der Waals surface area contributed by atoms with Crippen LogP contribution in [-0.2, 0) is 24.8 Å². The second-order valence-electron chi connectivity index (χ2n) is 7.69. The number of rotatable bonds is 8. The van der Waals surface area contributed by atoms with Crippen LogP contribution in [0.25, 0.3) is 0 Å². The number of ether oxygens (including phenoxy) is 1. The second-order valence-corrected chi connectivity index (χ2v) is 11.4. The Hall–Kier alpha value is -2.41. The molecule has 0 saturated carbocycles. The average Bonchev–Trinajstić information content (AvgIpc) is 3.51. The van der Waals surface area contributed by atoms with E-state index in [9.17, 15) is 21.6 Å². The Bertz CT molecular complexity index is 1190. The molecule has 1 N–H and O–H groups in total. The summed E-state index contributed by atoms with van der Waals surface area (Å²) in [5.41, 5.74) is -0.0317. The number of sulfonamides is 2. The van der Waals surface area contributed by atoms with Crippen molar-refractivity contribution >= 4 is 31.6 Å². The first-order chi connectivity index (χ1) is 15.2. The molecule has 2 aliphatic heterocycles. The highest BCUT2D eigenvalue weighted by Gasteiger charge is 2.37. The van der Waals surface area contributed by atoms with Crippen molar-refractivity contribution in [2.45, 2.75) is 30.2 Å². The molecule has 2 fully saturated rings. The third-order valence-electron chi connectivity index (χ3n) is 5.67. The van der Waals surface area contributed by atoms with Crippen molar-refractivity contribution < 1.29 is 30.8 Å². The van der Waals surface area contributed by atoms with Crippen LogP contribution < -0.4 is 13.8 Å². The topological polar surface area (TPSA) is 126 Å². The van der Waals surface area contributed by atoms with Crippen LogP contribution in [0, 0.1) is 0 Å². The van der Waals surface area contributed by atoms with Gasteiger partial charge in [0, 0.05) is 13.0 Å². The summed E-state index contributed by atoms with van der Waals surface area (Å²) in [6, 6.07) is 7.14. The Kier molecular flexibility index (Phi) is 6.30. The zero-order valence-corrected chi connectivity index (χ0v) is 19.2. The minimum Gasteiger partial charge on any atom is -0.495 e. The number of anilines is 1. The molecule has 1 aromatic heterocycles. The third kappa shape index (κ3) is 4.40. The Morgan fingerprint density at radius 3 is 2.56 bits per heavy atom. The van der Waals surface area contributed by atoms with E-state index < -0.39 is 26.0 Å². The van der Waals surface area contributed by atoms with Crippen molar-refractivity contribution in [3.63, 3.8) is 0 Å². The van der Waals surface area contributed by atoms with E-state index in [0.717, 1.165) is 32.0 Å². The Balaban J connectivity index is 1.63. The second kappa shape index (κ2) is 8.85. The fraction of sp³-hybridized carbons (Fsp3) is 0.450. The molecule has 2 saturated heterocycles. The summed E-state index contributed by atoms with van der Waals surface area (Å²) in [5, 5.41) is 0. The van der Waals surface area contributed by atoms with Crippen LogP contribution in [0.3, 0.4) is 0 Å². The molecule has 0 bridgehead atoms.